The third kappa shape index (κ3) is 6.41. The summed E-state index contributed by atoms with van der Waals surface area (Å²) in [4.78, 5) is 19.1. The molecule has 0 bridgehead atoms. The monoisotopic (exact) mass is 601 g/mol. The summed E-state index contributed by atoms with van der Waals surface area (Å²) in [7, 11) is 0. The summed E-state index contributed by atoms with van der Waals surface area (Å²) in [6, 6.07) is 8.28. The molecule has 0 radical (unpaired) electrons. The van der Waals surface area contributed by atoms with Crippen LogP contribution in [0.3, 0.4) is 0 Å². The fraction of sp³-hybridized carbons (Fsp3) is 0.500. The molecule has 13 heteroatoms. The van der Waals surface area contributed by atoms with Gasteiger partial charge in [-0.2, -0.15) is 18.2 Å². The van der Waals surface area contributed by atoms with Crippen molar-refractivity contribution in [3.05, 3.63) is 54.2 Å². The first-order chi connectivity index (χ1) is 20.4. The number of benzene rings is 1. The Morgan fingerprint density at radius 3 is 2.60 bits per heavy atom. The van der Waals surface area contributed by atoms with Gasteiger partial charge in [-0.3, -0.25) is 9.69 Å². The second-order valence-electron chi connectivity index (χ2n) is 12.4. The Bertz CT molecular complexity index is 1610. The van der Waals surface area contributed by atoms with Gasteiger partial charge in [0.2, 0.25) is 11.7 Å². The smallest absolute Gasteiger partial charge is 0.379 e. The van der Waals surface area contributed by atoms with Crippen molar-refractivity contribution in [2.24, 2.45) is 0 Å². The van der Waals surface area contributed by atoms with Crippen LogP contribution < -0.4 is 10.6 Å². The summed E-state index contributed by atoms with van der Waals surface area (Å²) in [5, 5.41) is 10.4. The summed E-state index contributed by atoms with van der Waals surface area (Å²) < 4.78 is 64.6. The number of hydrogen-bond donors (Lipinski definition) is 2. The highest BCUT2D eigenvalue weighted by molar-refractivity contribution is 5.96. The van der Waals surface area contributed by atoms with Crippen LogP contribution in [0.1, 0.15) is 56.3 Å². The van der Waals surface area contributed by atoms with Crippen molar-refractivity contribution in [2.45, 2.75) is 83.1 Å². The number of alkyl halides is 4. The minimum absolute atomic E-state index is 0.0449. The van der Waals surface area contributed by atoms with Gasteiger partial charge >= 0.3 is 6.18 Å². The van der Waals surface area contributed by atoms with Crippen molar-refractivity contribution in [1.82, 2.24) is 29.5 Å². The first kappa shape index (κ1) is 29.2. The van der Waals surface area contributed by atoms with Crippen LogP contribution >= 0.6 is 0 Å². The summed E-state index contributed by atoms with van der Waals surface area (Å²) >= 11 is 0. The summed E-state index contributed by atoms with van der Waals surface area (Å²) in [6.45, 7) is 5.81. The summed E-state index contributed by atoms with van der Waals surface area (Å²) in [6.07, 6.45) is 0.747. The van der Waals surface area contributed by atoms with Crippen molar-refractivity contribution in [1.29, 1.82) is 0 Å². The van der Waals surface area contributed by atoms with Crippen LogP contribution in [0.5, 0.6) is 0 Å². The molecule has 1 amide bonds. The summed E-state index contributed by atoms with van der Waals surface area (Å²) in [5.74, 6) is -0.349. The highest BCUT2D eigenvalue weighted by Gasteiger charge is 2.37. The fourth-order valence-electron chi connectivity index (χ4n) is 5.64. The number of halogens is 4. The number of nitrogens with one attached hydrogen (secondary N) is 2. The molecule has 0 spiro atoms. The van der Waals surface area contributed by atoms with Gasteiger partial charge in [0, 0.05) is 48.1 Å². The molecule has 4 heterocycles. The number of aromatic nitrogens is 4. The number of fused-ring (bicyclic) bond motifs is 1. The molecule has 0 unspecified atom stereocenters. The minimum Gasteiger partial charge on any atom is -0.379 e. The number of anilines is 1. The van der Waals surface area contributed by atoms with Gasteiger partial charge < -0.3 is 24.3 Å². The number of piperidine rings is 1. The van der Waals surface area contributed by atoms with Crippen LogP contribution in [-0.4, -0.2) is 67.6 Å². The van der Waals surface area contributed by atoms with Crippen molar-refractivity contribution in [3.8, 4) is 11.5 Å². The van der Waals surface area contributed by atoms with Crippen LogP contribution in [-0.2, 0) is 18.6 Å². The number of carbonyl (C=O) groups is 1. The third-order valence-corrected chi connectivity index (χ3v) is 8.09. The SMILES string of the molecule is CC(C)(C)n1ccc(C(=O)NCc2nc(-c3cc4c(N[C@@H]5CCN(C6CC6)C[C@@H]5F)cccc4n3CC(F)(F)F)no2)c1. The fourth-order valence-corrected chi connectivity index (χ4v) is 5.64. The van der Waals surface area contributed by atoms with E-state index in [1.807, 2.05) is 31.5 Å². The first-order valence-electron chi connectivity index (χ1n) is 14.5. The molecule has 1 aromatic carbocycles. The van der Waals surface area contributed by atoms with E-state index in [0.29, 0.717) is 41.2 Å². The molecule has 2 N–H and O–H groups in total. The molecule has 2 atom stereocenters. The second kappa shape index (κ2) is 11.0. The maximum atomic E-state index is 15.1. The molecular formula is C30H35F4N7O2. The van der Waals surface area contributed by atoms with Gasteiger partial charge in [-0.15, -0.1) is 0 Å². The molecule has 2 fully saturated rings. The van der Waals surface area contributed by atoms with Crippen molar-refractivity contribution < 1.29 is 26.9 Å². The molecule has 1 saturated carbocycles. The second-order valence-corrected chi connectivity index (χ2v) is 12.4. The molecule has 1 aliphatic heterocycles. The molecule has 3 aromatic heterocycles. The van der Waals surface area contributed by atoms with Gasteiger partial charge in [0.05, 0.1) is 29.4 Å². The van der Waals surface area contributed by atoms with E-state index in [0.717, 1.165) is 24.0 Å². The maximum Gasteiger partial charge on any atom is 0.406 e. The van der Waals surface area contributed by atoms with E-state index in [1.54, 1.807) is 36.5 Å². The van der Waals surface area contributed by atoms with Gasteiger partial charge in [0.1, 0.15) is 12.7 Å². The predicted molar refractivity (Wildman–Crippen MR) is 153 cm³/mol. The van der Waals surface area contributed by atoms with Crippen LogP contribution in [0.2, 0.25) is 0 Å². The summed E-state index contributed by atoms with van der Waals surface area (Å²) in [5.41, 5.74) is 1.22. The van der Waals surface area contributed by atoms with Gasteiger partial charge in [0.25, 0.3) is 5.91 Å². The van der Waals surface area contributed by atoms with Gasteiger partial charge in [-0.1, -0.05) is 11.2 Å². The molecule has 43 heavy (non-hydrogen) atoms. The molecule has 1 saturated heterocycles. The zero-order chi connectivity index (χ0) is 30.5. The van der Waals surface area contributed by atoms with Crippen LogP contribution in [0.4, 0.5) is 23.2 Å². The average Bonchev–Trinajstić information content (AvgIpc) is 3.30. The number of carbonyl (C=O) groups excluding carboxylic acids is 1. The Labute approximate surface area is 246 Å². The zero-order valence-corrected chi connectivity index (χ0v) is 24.3. The van der Waals surface area contributed by atoms with Crippen molar-refractivity contribution >= 4 is 22.5 Å². The Kier molecular flexibility index (Phi) is 7.47. The Morgan fingerprint density at radius 1 is 1.14 bits per heavy atom. The van der Waals surface area contributed by atoms with Crippen LogP contribution in [0.15, 0.2) is 47.2 Å². The molecule has 1 aliphatic carbocycles. The number of likely N-dealkylation sites (tertiary alicyclic amines) is 1. The first-order valence-corrected chi connectivity index (χ1v) is 14.5. The van der Waals surface area contributed by atoms with E-state index in [2.05, 4.69) is 25.7 Å². The molecule has 230 valence electrons. The predicted octanol–water partition coefficient (Wildman–Crippen LogP) is 5.73. The Hall–Kier alpha value is -3.87. The number of nitrogens with zero attached hydrogens (tertiary/aromatic N) is 5. The van der Waals surface area contributed by atoms with Crippen LogP contribution in [0.25, 0.3) is 22.4 Å². The minimum atomic E-state index is -4.52. The normalized spacial score (nSPS) is 20.1. The third-order valence-electron chi connectivity index (χ3n) is 8.09. The number of rotatable bonds is 8. The number of hydrogen-bond acceptors (Lipinski definition) is 6. The standard InChI is InChI=1S/C30H35F4N7O2/c1-29(2,3)40-12-9-18(15-40)28(42)35-14-26-37-27(38-43-26)25-13-20-22(5-4-6-24(20)41(25)17-30(32,33)34)36-23-10-11-39(16-21(23)31)19-7-8-19/h4-6,9,12-13,15,19,21,23,36H,7-8,10-11,14,16-17H2,1-3H3,(H,35,42)/t21-,23+/m0/s1. The molecule has 4 aromatic rings. The Balaban J connectivity index is 1.23. The quantitative estimate of drug-likeness (QED) is 0.251. The van der Waals surface area contributed by atoms with E-state index >= 15 is 4.39 Å². The number of amides is 1. The van der Waals surface area contributed by atoms with Crippen molar-refractivity contribution in [3.63, 3.8) is 0 Å². The lowest BCUT2D eigenvalue weighted by atomic mass is 10.0. The average molecular weight is 602 g/mol. The van der Waals surface area contributed by atoms with E-state index in [1.165, 1.54) is 0 Å². The van der Waals surface area contributed by atoms with E-state index < -0.39 is 24.9 Å². The maximum absolute atomic E-state index is 15.1. The lowest BCUT2D eigenvalue weighted by Gasteiger charge is -2.35. The van der Waals surface area contributed by atoms with Crippen LogP contribution in [0, 0.1) is 0 Å². The largest absolute Gasteiger partial charge is 0.406 e. The lowest BCUT2D eigenvalue weighted by molar-refractivity contribution is -0.139. The van der Waals surface area contributed by atoms with Gasteiger partial charge in [-0.05, 0) is 64.3 Å². The van der Waals surface area contributed by atoms with Gasteiger partial charge in [-0.25, -0.2) is 4.39 Å². The van der Waals surface area contributed by atoms with E-state index in [4.69, 9.17) is 4.52 Å². The zero-order valence-electron chi connectivity index (χ0n) is 24.3. The lowest BCUT2D eigenvalue weighted by Crippen LogP contribution is -2.48. The highest BCUT2D eigenvalue weighted by atomic mass is 19.4. The molecule has 6 rings (SSSR count). The van der Waals surface area contributed by atoms with Gasteiger partial charge in [0.15, 0.2) is 0 Å². The molecule has 9 nitrogen and oxygen atoms in total. The van der Waals surface area contributed by atoms with E-state index in [-0.39, 0.29) is 35.4 Å². The molecular weight excluding hydrogens is 566 g/mol. The highest BCUT2D eigenvalue weighted by Crippen LogP contribution is 2.36. The topological polar surface area (TPSA) is 93.2 Å². The van der Waals surface area contributed by atoms with E-state index in [9.17, 15) is 18.0 Å². The van der Waals surface area contributed by atoms with Crippen molar-refractivity contribution in [2.75, 3.05) is 18.4 Å². The Morgan fingerprint density at radius 2 is 1.93 bits per heavy atom. The molecule has 2 aliphatic rings.